The third-order valence-electron chi connectivity index (χ3n) is 3.72. The van der Waals surface area contributed by atoms with E-state index in [4.69, 9.17) is 16.0 Å². The Morgan fingerprint density at radius 3 is 3.00 bits per heavy atom. The van der Waals surface area contributed by atoms with Crippen molar-refractivity contribution >= 4 is 34.3 Å². The summed E-state index contributed by atoms with van der Waals surface area (Å²) in [5, 5.41) is 5.78. The Morgan fingerprint density at radius 1 is 1.42 bits per heavy atom. The Bertz CT molecular complexity index is 562. The van der Waals surface area contributed by atoms with E-state index in [1.807, 2.05) is 30.9 Å². The van der Waals surface area contributed by atoms with E-state index < -0.39 is 0 Å². The van der Waals surface area contributed by atoms with Crippen molar-refractivity contribution in [1.82, 2.24) is 5.32 Å². The fourth-order valence-corrected chi connectivity index (χ4v) is 4.43. The van der Waals surface area contributed by atoms with Gasteiger partial charge in [-0.2, -0.15) is 11.8 Å². The first-order valence-electron chi connectivity index (χ1n) is 6.76. The molecule has 0 saturated carbocycles. The second kappa shape index (κ2) is 5.78. The molecule has 1 aromatic carbocycles. The second-order valence-electron chi connectivity index (χ2n) is 4.98. The Kier molecular flexibility index (Phi) is 4.06. The number of nitrogens with one attached hydrogen (secondary N) is 1. The van der Waals surface area contributed by atoms with E-state index in [2.05, 4.69) is 17.4 Å². The quantitative estimate of drug-likeness (QED) is 0.893. The van der Waals surface area contributed by atoms with E-state index >= 15 is 0 Å². The minimum Gasteiger partial charge on any atom is -0.458 e. The zero-order chi connectivity index (χ0) is 13.2. The lowest BCUT2D eigenvalue weighted by molar-refractivity contribution is 0.424. The molecule has 0 radical (unpaired) electrons. The molecule has 2 heterocycles. The van der Waals surface area contributed by atoms with Gasteiger partial charge in [0.25, 0.3) is 0 Å². The van der Waals surface area contributed by atoms with Crippen molar-refractivity contribution in [3.8, 4) is 0 Å². The molecule has 0 aliphatic carbocycles. The van der Waals surface area contributed by atoms with Crippen LogP contribution in [0.3, 0.4) is 0 Å². The van der Waals surface area contributed by atoms with Gasteiger partial charge >= 0.3 is 0 Å². The molecule has 1 N–H and O–H groups in total. The van der Waals surface area contributed by atoms with Crippen LogP contribution in [0.4, 0.5) is 0 Å². The molecular formula is C15H18ClNOS. The van der Waals surface area contributed by atoms with Crippen LogP contribution in [0.15, 0.2) is 28.7 Å². The highest BCUT2D eigenvalue weighted by atomic mass is 35.5. The van der Waals surface area contributed by atoms with Crippen LogP contribution in [0.2, 0.25) is 5.02 Å². The number of furan rings is 1. The highest BCUT2D eigenvalue weighted by molar-refractivity contribution is 8.00. The van der Waals surface area contributed by atoms with Crippen LogP contribution >= 0.6 is 23.4 Å². The number of benzene rings is 1. The van der Waals surface area contributed by atoms with Crippen LogP contribution < -0.4 is 5.32 Å². The molecule has 2 nitrogen and oxygen atoms in total. The molecule has 1 aliphatic rings. The number of halogens is 1. The van der Waals surface area contributed by atoms with Gasteiger partial charge in [0.05, 0.1) is 11.1 Å². The Labute approximate surface area is 122 Å². The van der Waals surface area contributed by atoms with Gasteiger partial charge in [-0.25, -0.2) is 0 Å². The second-order valence-corrected chi connectivity index (χ2v) is 6.73. The topological polar surface area (TPSA) is 25.2 Å². The summed E-state index contributed by atoms with van der Waals surface area (Å²) in [5.74, 6) is 2.26. The van der Waals surface area contributed by atoms with Gasteiger partial charge in [-0.15, -0.1) is 0 Å². The normalized spacial score (nSPS) is 21.7. The summed E-state index contributed by atoms with van der Waals surface area (Å²) in [6.07, 6.45) is 3.90. The highest BCUT2D eigenvalue weighted by Gasteiger charge is 2.27. The lowest BCUT2D eigenvalue weighted by Gasteiger charge is -2.28. The first-order chi connectivity index (χ1) is 9.29. The molecule has 0 amide bonds. The van der Waals surface area contributed by atoms with Crippen LogP contribution in [-0.2, 0) is 0 Å². The number of hydrogen-bond acceptors (Lipinski definition) is 3. The molecule has 102 valence electrons. The van der Waals surface area contributed by atoms with E-state index in [0.717, 1.165) is 16.7 Å². The van der Waals surface area contributed by atoms with Crippen LogP contribution in [-0.4, -0.2) is 18.1 Å². The van der Waals surface area contributed by atoms with Gasteiger partial charge in [-0.05, 0) is 37.8 Å². The van der Waals surface area contributed by atoms with Gasteiger partial charge in [0, 0.05) is 10.6 Å². The van der Waals surface area contributed by atoms with Crippen molar-refractivity contribution in [2.75, 3.05) is 12.8 Å². The number of hydrogen-bond donors (Lipinski definition) is 1. The Balaban J connectivity index is 1.94. The van der Waals surface area contributed by atoms with Crippen LogP contribution in [0.1, 0.15) is 31.1 Å². The molecule has 1 aromatic heterocycles. The zero-order valence-corrected chi connectivity index (χ0v) is 12.6. The summed E-state index contributed by atoms with van der Waals surface area (Å²) in [5.41, 5.74) is 0.806. The smallest absolute Gasteiger partial charge is 0.152 e. The van der Waals surface area contributed by atoms with E-state index in [-0.39, 0.29) is 6.04 Å². The van der Waals surface area contributed by atoms with Crippen molar-refractivity contribution in [2.45, 2.75) is 30.6 Å². The molecule has 2 unspecified atom stereocenters. The number of fused-ring (bicyclic) bond motifs is 1. The molecule has 0 bridgehead atoms. The maximum Gasteiger partial charge on any atom is 0.152 e. The SMILES string of the molecule is CNC(c1cc2cccc(Cl)c2o1)C1CCCCS1. The minimum absolute atomic E-state index is 0.272. The van der Waals surface area contributed by atoms with Crippen molar-refractivity contribution in [1.29, 1.82) is 0 Å². The molecule has 1 aliphatic heterocycles. The Hall–Kier alpha value is -0.640. The fraction of sp³-hybridized carbons (Fsp3) is 0.467. The van der Waals surface area contributed by atoms with E-state index in [9.17, 15) is 0 Å². The first kappa shape index (κ1) is 13.3. The monoisotopic (exact) mass is 295 g/mol. The number of rotatable bonds is 3. The van der Waals surface area contributed by atoms with Gasteiger partial charge in [-0.1, -0.05) is 30.2 Å². The maximum atomic E-state index is 6.18. The lowest BCUT2D eigenvalue weighted by Crippen LogP contribution is -2.28. The molecular weight excluding hydrogens is 278 g/mol. The third-order valence-corrected chi connectivity index (χ3v) is 5.48. The van der Waals surface area contributed by atoms with Crippen LogP contribution in [0.5, 0.6) is 0 Å². The molecule has 3 rings (SSSR count). The number of para-hydroxylation sites is 1. The van der Waals surface area contributed by atoms with Gasteiger partial charge in [-0.3, -0.25) is 0 Å². The summed E-state index contributed by atoms with van der Waals surface area (Å²) in [6.45, 7) is 0. The zero-order valence-electron chi connectivity index (χ0n) is 11.0. The lowest BCUT2D eigenvalue weighted by atomic mass is 10.0. The number of thioether (sulfide) groups is 1. The molecule has 1 saturated heterocycles. The maximum absolute atomic E-state index is 6.18. The van der Waals surface area contributed by atoms with Gasteiger partial charge in [0.2, 0.25) is 0 Å². The minimum atomic E-state index is 0.272. The highest BCUT2D eigenvalue weighted by Crippen LogP contribution is 2.37. The van der Waals surface area contributed by atoms with Gasteiger partial charge in [0.15, 0.2) is 5.58 Å². The average Bonchev–Trinajstić information content (AvgIpc) is 2.86. The molecule has 19 heavy (non-hydrogen) atoms. The molecule has 0 spiro atoms. The van der Waals surface area contributed by atoms with Crippen LogP contribution in [0, 0.1) is 0 Å². The molecule has 2 atom stereocenters. The summed E-state index contributed by atoms with van der Waals surface area (Å²) < 4.78 is 6.00. The van der Waals surface area contributed by atoms with Crippen molar-refractivity contribution in [2.24, 2.45) is 0 Å². The fourth-order valence-electron chi connectivity index (χ4n) is 2.74. The summed E-state index contributed by atoms with van der Waals surface area (Å²) in [4.78, 5) is 0. The van der Waals surface area contributed by atoms with Crippen molar-refractivity contribution in [3.63, 3.8) is 0 Å². The van der Waals surface area contributed by atoms with Gasteiger partial charge < -0.3 is 9.73 Å². The largest absolute Gasteiger partial charge is 0.458 e. The van der Waals surface area contributed by atoms with Crippen molar-refractivity contribution in [3.05, 3.63) is 35.0 Å². The molecule has 1 fully saturated rings. The molecule has 4 heteroatoms. The van der Waals surface area contributed by atoms with E-state index in [1.165, 1.54) is 25.0 Å². The average molecular weight is 296 g/mol. The summed E-state index contributed by atoms with van der Waals surface area (Å²) in [6, 6.07) is 8.29. The third kappa shape index (κ3) is 2.64. The standard InChI is InChI=1S/C15H18ClNOS/c1-17-14(13-7-2-3-8-19-13)12-9-10-5-4-6-11(16)15(10)18-12/h4-6,9,13-14,17H,2-3,7-8H2,1H3. The first-order valence-corrected chi connectivity index (χ1v) is 8.19. The van der Waals surface area contributed by atoms with Crippen LogP contribution in [0.25, 0.3) is 11.0 Å². The van der Waals surface area contributed by atoms with E-state index in [1.54, 1.807) is 0 Å². The van der Waals surface area contributed by atoms with E-state index in [0.29, 0.717) is 10.3 Å². The summed E-state index contributed by atoms with van der Waals surface area (Å²) >= 11 is 8.23. The van der Waals surface area contributed by atoms with Crippen molar-refractivity contribution < 1.29 is 4.42 Å². The Morgan fingerprint density at radius 2 is 2.32 bits per heavy atom. The summed E-state index contributed by atoms with van der Waals surface area (Å²) in [7, 11) is 2.01. The molecule has 2 aromatic rings. The predicted octanol–water partition coefficient (Wildman–Crippen LogP) is 4.63. The predicted molar refractivity (Wildman–Crippen MR) is 83.1 cm³/mol. The van der Waals surface area contributed by atoms with Gasteiger partial charge in [0.1, 0.15) is 5.76 Å².